The highest BCUT2D eigenvalue weighted by molar-refractivity contribution is 6.06. The minimum Gasteiger partial charge on any atom is -0.369 e. The normalized spacial score (nSPS) is 20.9. The van der Waals surface area contributed by atoms with Crippen molar-refractivity contribution in [3.63, 3.8) is 0 Å². The Kier molecular flexibility index (Phi) is 6.67. The summed E-state index contributed by atoms with van der Waals surface area (Å²) in [6.45, 7) is 6.15. The van der Waals surface area contributed by atoms with E-state index in [-0.39, 0.29) is 11.9 Å². The Labute approximate surface area is 150 Å². The van der Waals surface area contributed by atoms with Gasteiger partial charge in [-0.2, -0.15) is 0 Å². The molecule has 0 saturated carbocycles. The standard InChI is InChI=1S/C18H33N5O2/c1-3-5-9-18(10-6-4-2)15(24)23(16(19)21-18)13-14-7-11-22(12-8-14)17(20)25/h14H,3-13H2,1-2H3,(H2,19,21)(H2,20,25). The van der Waals surface area contributed by atoms with E-state index in [1.165, 1.54) is 0 Å². The number of hydrogen-bond acceptors (Lipinski definition) is 4. The SMILES string of the molecule is CCCCC1(CCCC)N=C(N)N(CC2CCN(C(N)=O)CC2)C1=O. The molecular weight excluding hydrogens is 318 g/mol. The molecule has 2 aliphatic heterocycles. The molecule has 0 radical (unpaired) electrons. The number of nitrogens with two attached hydrogens (primary N) is 2. The second-order valence-electron chi connectivity index (χ2n) is 7.39. The zero-order valence-electron chi connectivity index (χ0n) is 15.7. The van der Waals surface area contributed by atoms with Crippen molar-refractivity contribution < 1.29 is 9.59 Å². The van der Waals surface area contributed by atoms with Crippen molar-refractivity contribution in [2.45, 2.75) is 70.8 Å². The molecule has 4 N–H and O–H groups in total. The van der Waals surface area contributed by atoms with Gasteiger partial charge in [0.25, 0.3) is 5.91 Å². The van der Waals surface area contributed by atoms with Gasteiger partial charge in [0.1, 0.15) is 5.54 Å². The Morgan fingerprint density at radius 3 is 2.24 bits per heavy atom. The van der Waals surface area contributed by atoms with Gasteiger partial charge in [0.05, 0.1) is 0 Å². The summed E-state index contributed by atoms with van der Waals surface area (Å²) in [6.07, 6.45) is 7.30. The van der Waals surface area contributed by atoms with Crippen LogP contribution in [0.3, 0.4) is 0 Å². The summed E-state index contributed by atoms with van der Waals surface area (Å²) < 4.78 is 0. The van der Waals surface area contributed by atoms with Crippen molar-refractivity contribution in [3.05, 3.63) is 0 Å². The molecule has 2 aliphatic rings. The first-order valence-electron chi connectivity index (χ1n) is 9.65. The van der Waals surface area contributed by atoms with Crippen molar-refractivity contribution in [2.75, 3.05) is 19.6 Å². The first-order valence-corrected chi connectivity index (χ1v) is 9.65. The first kappa shape index (κ1) is 19.5. The lowest BCUT2D eigenvalue weighted by Gasteiger charge is -2.33. The molecule has 1 saturated heterocycles. The molecule has 2 heterocycles. The van der Waals surface area contributed by atoms with Gasteiger partial charge >= 0.3 is 6.03 Å². The number of likely N-dealkylation sites (tertiary alicyclic amines) is 1. The molecule has 0 aromatic heterocycles. The Balaban J connectivity index is 2.01. The van der Waals surface area contributed by atoms with Crippen LogP contribution in [0, 0.1) is 5.92 Å². The number of urea groups is 1. The number of carbonyl (C=O) groups is 2. The third-order valence-electron chi connectivity index (χ3n) is 5.50. The number of piperidine rings is 1. The molecular formula is C18H33N5O2. The Bertz CT molecular complexity index is 504. The van der Waals surface area contributed by atoms with Crippen molar-refractivity contribution >= 4 is 17.9 Å². The number of guanidine groups is 1. The summed E-state index contributed by atoms with van der Waals surface area (Å²) in [5.41, 5.74) is 10.8. The monoisotopic (exact) mass is 351 g/mol. The van der Waals surface area contributed by atoms with E-state index in [9.17, 15) is 9.59 Å². The van der Waals surface area contributed by atoms with Crippen LogP contribution in [0.4, 0.5) is 4.79 Å². The Morgan fingerprint density at radius 1 is 1.20 bits per heavy atom. The molecule has 7 nitrogen and oxygen atoms in total. The number of amides is 3. The van der Waals surface area contributed by atoms with Crippen LogP contribution in [-0.2, 0) is 4.79 Å². The van der Waals surface area contributed by atoms with Crippen molar-refractivity contribution in [1.29, 1.82) is 0 Å². The molecule has 0 aliphatic carbocycles. The molecule has 2 rings (SSSR count). The van der Waals surface area contributed by atoms with E-state index < -0.39 is 5.54 Å². The topological polar surface area (TPSA) is 105 Å². The third-order valence-corrected chi connectivity index (χ3v) is 5.50. The average Bonchev–Trinajstić information content (AvgIpc) is 2.83. The maximum absolute atomic E-state index is 13.1. The molecule has 0 aromatic rings. The van der Waals surface area contributed by atoms with Crippen LogP contribution in [0.15, 0.2) is 4.99 Å². The summed E-state index contributed by atoms with van der Waals surface area (Å²) in [6, 6.07) is -0.366. The number of rotatable bonds is 8. The van der Waals surface area contributed by atoms with Crippen LogP contribution in [0.1, 0.15) is 65.2 Å². The first-order chi connectivity index (χ1) is 11.9. The number of hydrogen-bond donors (Lipinski definition) is 2. The maximum atomic E-state index is 13.1. The predicted molar refractivity (Wildman–Crippen MR) is 99.0 cm³/mol. The van der Waals surface area contributed by atoms with Gasteiger partial charge in [-0.3, -0.25) is 9.69 Å². The molecule has 3 amide bonds. The predicted octanol–water partition coefficient (Wildman–Crippen LogP) is 2.05. The van der Waals surface area contributed by atoms with E-state index in [1.807, 2.05) is 0 Å². The van der Waals surface area contributed by atoms with Gasteiger partial charge in [-0.05, 0) is 31.6 Å². The fraction of sp³-hybridized carbons (Fsp3) is 0.833. The zero-order valence-corrected chi connectivity index (χ0v) is 15.7. The number of carbonyl (C=O) groups excluding carboxylic acids is 2. The van der Waals surface area contributed by atoms with Gasteiger partial charge in [-0.15, -0.1) is 0 Å². The number of aliphatic imine (C=N–C) groups is 1. The van der Waals surface area contributed by atoms with Crippen molar-refractivity contribution in [1.82, 2.24) is 9.80 Å². The third kappa shape index (κ3) is 4.44. The minimum absolute atomic E-state index is 0.0734. The highest BCUT2D eigenvalue weighted by atomic mass is 16.2. The lowest BCUT2D eigenvalue weighted by atomic mass is 9.87. The average molecular weight is 351 g/mol. The highest BCUT2D eigenvalue weighted by Crippen LogP contribution is 2.34. The molecule has 0 atom stereocenters. The molecule has 0 unspecified atom stereocenters. The van der Waals surface area contributed by atoms with Crippen LogP contribution in [0.25, 0.3) is 0 Å². The number of primary amides is 1. The van der Waals surface area contributed by atoms with E-state index in [0.29, 0.717) is 31.5 Å². The largest absolute Gasteiger partial charge is 0.369 e. The Hall–Kier alpha value is -1.79. The maximum Gasteiger partial charge on any atom is 0.314 e. The van der Waals surface area contributed by atoms with Gasteiger partial charge in [0.15, 0.2) is 5.96 Å². The second kappa shape index (κ2) is 8.54. The summed E-state index contributed by atoms with van der Waals surface area (Å²) in [5.74, 6) is 0.778. The molecule has 0 bridgehead atoms. The lowest BCUT2D eigenvalue weighted by molar-refractivity contribution is -0.132. The molecule has 0 aromatic carbocycles. The summed E-state index contributed by atoms with van der Waals surface area (Å²) in [7, 11) is 0. The van der Waals surface area contributed by atoms with Gasteiger partial charge in [-0.25, -0.2) is 9.79 Å². The van der Waals surface area contributed by atoms with Gasteiger partial charge in [0.2, 0.25) is 0 Å². The zero-order chi connectivity index (χ0) is 18.4. The van der Waals surface area contributed by atoms with Gasteiger partial charge in [0, 0.05) is 19.6 Å². The van der Waals surface area contributed by atoms with Crippen LogP contribution in [0.2, 0.25) is 0 Å². The lowest BCUT2D eigenvalue weighted by Crippen LogP contribution is -2.49. The second-order valence-corrected chi connectivity index (χ2v) is 7.39. The van der Waals surface area contributed by atoms with Crippen LogP contribution in [0.5, 0.6) is 0 Å². The van der Waals surface area contributed by atoms with Gasteiger partial charge in [-0.1, -0.05) is 39.5 Å². The van der Waals surface area contributed by atoms with E-state index in [1.54, 1.807) is 9.80 Å². The van der Waals surface area contributed by atoms with E-state index in [2.05, 4.69) is 18.8 Å². The minimum atomic E-state index is -0.649. The smallest absolute Gasteiger partial charge is 0.314 e. The summed E-state index contributed by atoms with van der Waals surface area (Å²) >= 11 is 0. The Morgan fingerprint density at radius 2 is 1.76 bits per heavy atom. The van der Waals surface area contributed by atoms with E-state index in [4.69, 9.17) is 11.5 Å². The van der Waals surface area contributed by atoms with Crippen molar-refractivity contribution in [2.24, 2.45) is 22.4 Å². The summed E-state index contributed by atoms with van der Waals surface area (Å²) in [5, 5.41) is 0. The summed E-state index contributed by atoms with van der Waals surface area (Å²) in [4.78, 5) is 32.4. The van der Waals surface area contributed by atoms with E-state index in [0.717, 1.165) is 51.4 Å². The number of nitrogens with zero attached hydrogens (tertiary/aromatic N) is 3. The van der Waals surface area contributed by atoms with Crippen LogP contribution in [-0.4, -0.2) is 52.9 Å². The number of unbranched alkanes of at least 4 members (excludes halogenated alkanes) is 2. The van der Waals surface area contributed by atoms with Gasteiger partial charge < -0.3 is 16.4 Å². The quantitative estimate of drug-likeness (QED) is 0.699. The van der Waals surface area contributed by atoms with E-state index >= 15 is 0 Å². The molecule has 25 heavy (non-hydrogen) atoms. The van der Waals surface area contributed by atoms with Crippen LogP contribution >= 0.6 is 0 Å². The molecule has 0 spiro atoms. The van der Waals surface area contributed by atoms with Crippen molar-refractivity contribution in [3.8, 4) is 0 Å². The fourth-order valence-corrected chi connectivity index (χ4v) is 3.84. The molecule has 1 fully saturated rings. The fourth-order valence-electron chi connectivity index (χ4n) is 3.84. The molecule has 142 valence electrons. The molecule has 7 heteroatoms. The highest BCUT2D eigenvalue weighted by Gasteiger charge is 2.47. The van der Waals surface area contributed by atoms with Crippen LogP contribution < -0.4 is 11.5 Å².